The molecule has 5 rings (SSSR count). The Morgan fingerprint density at radius 3 is 2.75 bits per heavy atom. The zero-order valence-electron chi connectivity index (χ0n) is 17.8. The summed E-state index contributed by atoms with van der Waals surface area (Å²) in [5.41, 5.74) is 8.91. The second kappa shape index (κ2) is 8.02. The number of nitrogens with zero attached hydrogens (tertiary/aromatic N) is 4. The molecule has 0 bridgehead atoms. The van der Waals surface area contributed by atoms with E-state index >= 15 is 0 Å². The molecule has 2 aromatic rings. The maximum atomic E-state index is 12.4. The number of sulfonamides is 1. The van der Waals surface area contributed by atoms with Crippen molar-refractivity contribution in [1.29, 1.82) is 0 Å². The van der Waals surface area contributed by atoms with Gasteiger partial charge in [-0.25, -0.2) is 17.7 Å². The molecular weight excluding hydrogens is 446 g/mol. The maximum absolute atomic E-state index is 12.4. The number of benzene rings is 2. The highest BCUT2D eigenvalue weighted by Crippen LogP contribution is 2.38. The van der Waals surface area contributed by atoms with Crippen molar-refractivity contribution in [2.24, 2.45) is 10.1 Å². The lowest BCUT2D eigenvalue weighted by Gasteiger charge is -2.26. The van der Waals surface area contributed by atoms with Crippen molar-refractivity contribution in [3.05, 3.63) is 53.1 Å². The molecule has 3 heterocycles. The fraction of sp³-hybridized carbons (Fsp3) is 0.318. The van der Waals surface area contributed by atoms with Gasteiger partial charge in [-0.2, -0.15) is 5.10 Å². The average Bonchev–Trinajstić information content (AvgIpc) is 3.11. The number of anilines is 1. The molecule has 0 aromatic heterocycles. The normalized spacial score (nSPS) is 19.2. The van der Waals surface area contributed by atoms with Gasteiger partial charge >= 0.3 is 0 Å². The first-order valence-electron chi connectivity index (χ1n) is 10.4. The summed E-state index contributed by atoms with van der Waals surface area (Å²) in [6, 6.07) is 10.8. The van der Waals surface area contributed by atoms with Gasteiger partial charge in [0.05, 0.1) is 28.4 Å². The summed E-state index contributed by atoms with van der Waals surface area (Å²) in [4.78, 5) is 18.9. The molecule has 10 heteroatoms. The van der Waals surface area contributed by atoms with E-state index in [0.717, 1.165) is 41.9 Å². The summed E-state index contributed by atoms with van der Waals surface area (Å²) in [6.45, 7) is 0.813. The highest BCUT2D eigenvalue weighted by atomic mass is 32.2. The summed E-state index contributed by atoms with van der Waals surface area (Å²) >= 11 is 1.51. The van der Waals surface area contributed by atoms with Crippen LogP contribution in [0.1, 0.15) is 23.1 Å². The second-order valence-corrected chi connectivity index (χ2v) is 11.2. The fourth-order valence-corrected chi connectivity index (χ4v) is 5.94. The lowest BCUT2D eigenvalue weighted by atomic mass is 9.95. The van der Waals surface area contributed by atoms with Crippen molar-refractivity contribution in [2.45, 2.75) is 24.2 Å². The van der Waals surface area contributed by atoms with Crippen LogP contribution in [0.2, 0.25) is 0 Å². The van der Waals surface area contributed by atoms with Crippen molar-refractivity contribution < 1.29 is 13.2 Å². The van der Waals surface area contributed by atoms with Gasteiger partial charge in [0.15, 0.2) is 5.17 Å². The van der Waals surface area contributed by atoms with Gasteiger partial charge in [-0.15, -0.1) is 0 Å². The van der Waals surface area contributed by atoms with Crippen LogP contribution in [0.4, 0.5) is 11.4 Å². The van der Waals surface area contributed by atoms with E-state index in [1.54, 1.807) is 24.3 Å². The highest BCUT2D eigenvalue weighted by molar-refractivity contribution is 8.14. The number of thioether (sulfide) groups is 1. The van der Waals surface area contributed by atoms with Crippen molar-refractivity contribution in [3.63, 3.8) is 0 Å². The molecule has 2 aromatic carbocycles. The van der Waals surface area contributed by atoms with Gasteiger partial charge in [-0.3, -0.25) is 10.2 Å². The van der Waals surface area contributed by atoms with Gasteiger partial charge in [0.25, 0.3) is 0 Å². The number of carbonyl (C=O) groups is 1. The van der Waals surface area contributed by atoms with Crippen molar-refractivity contribution in [2.75, 3.05) is 31.3 Å². The van der Waals surface area contributed by atoms with Crippen LogP contribution >= 0.6 is 11.8 Å². The number of carbonyl (C=O) groups excluding carboxylic acids is 1. The number of hydrogen-bond acceptors (Lipinski definition) is 6. The molecule has 0 atom stereocenters. The van der Waals surface area contributed by atoms with Crippen LogP contribution in [0.25, 0.3) is 0 Å². The SMILES string of the molecule is CN(C)S(=O)(=O)c1cccc(N=C2NN=C(c3cc4c5c(c3)CC(=O)N5CCC4)CS2)c1. The molecule has 0 saturated heterocycles. The van der Waals surface area contributed by atoms with E-state index in [4.69, 9.17) is 0 Å². The third kappa shape index (κ3) is 3.72. The Hall–Kier alpha value is -2.69. The maximum Gasteiger partial charge on any atom is 0.242 e. The first kappa shape index (κ1) is 21.2. The zero-order chi connectivity index (χ0) is 22.5. The minimum Gasteiger partial charge on any atom is -0.312 e. The molecule has 0 saturated carbocycles. The van der Waals surface area contributed by atoms with Gasteiger partial charge in [0, 0.05) is 26.4 Å². The second-order valence-electron chi connectivity index (χ2n) is 8.13. The zero-order valence-corrected chi connectivity index (χ0v) is 19.5. The van der Waals surface area contributed by atoms with Crippen LogP contribution < -0.4 is 10.3 Å². The molecule has 1 N–H and O–H groups in total. The molecule has 0 spiro atoms. The quantitative estimate of drug-likeness (QED) is 0.743. The molecule has 0 radical (unpaired) electrons. The van der Waals surface area contributed by atoms with Crippen LogP contribution in [0, 0.1) is 0 Å². The summed E-state index contributed by atoms with van der Waals surface area (Å²) in [6.07, 6.45) is 2.43. The molecule has 0 fully saturated rings. The third-order valence-electron chi connectivity index (χ3n) is 5.80. The van der Waals surface area contributed by atoms with E-state index in [1.165, 1.54) is 35.7 Å². The summed E-state index contributed by atoms with van der Waals surface area (Å²) in [5.74, 6) is 0.821. The number of amides is 1. The van der Waals surface area contributed by atoms with E-state index in [0.29, 0.717) is 23.0 Å². The lowest BCUT2D eigenvalue weighted by Crippen LogP contribution is -2.31. The van der Waals surface area contributed by atoms with Crippen LogP contribution in [-0.4, -0.2) is 55.9 Å². The monoisotopic (exact) mass is 469 g/mol. The molecular formula is C22H23N5O3S2. The molecule has 32 heavy (non-hydrogen) atoms. The number of hydrogen-bond donors (Lipinski definition) is 1. The largest absolute Gasteiger partial charge is 0.312 e. The van der Waals surface area contributed by atoms with E-state index in [2.05, 4.69) is 27.7 Å². The Morgan fingerprint density at radius 2 is 2.00 bits per heavy atom. The molecule has 0 unspecified atom stereocenters. The molecule has 3 aliphatic rings. The van der Waals surface area contributed by atoms with Crippen molar-refractivity contribution in [1.82, 2.24) is 9.73 Å². The molecule has 8 nitrogen and oxygen atoms in total. The summed E-state index contributed by atoms with van der Waals surface area (Å²) in [5, 5.41) is 5.13. The van der Waals surface area contributed by atoms with Crippen LogP contribution in [0.5, 0.6) is 0 Å². The van der Waals surface area contributed by atoms with E-state index < -0.39 is 10.0 Å². The predicted octanol–water partition coefficient (Wildman–Crippen LogP) is 2.50. The lowest BCUT2D eigenvalue weighted by molar-refractivity contribution is -0.117. The number of amidine groups is 1. The Kier molecular flexibility index (Phi) is 5.31. The third-order valence-corrected chi connectivity index (χ3v) is 8.49. The smallest absolute Gasteiger partial charge is 0.242 e. The number of aryl methyl sites for hydroxylation is 1. The van der Waals surface area contributed by atoms with Crippen LogP contribution in [0.15, 0.2) is 51.4 Å². The summed E-state index contributed by atoms with van der Waals surface area (Å²) in [7, 11) is -0.512. The van der Waals surface area contributed by atoms with Gasteiger partial charge in [0.2, 0.25) is 15.9 Å². The fourth-order valence-electron chi connectivity index (χ4n) is 4.21. The van der Waals surface area contributed by atoms with Gasteiger partial charge in [-0.05, 0) is 59.9 Å². The van der Waals surface area contributed by atoms with Crippen molar-refractivity contribution >= 4 is 49.9 Å². The van der Waals surface area contributed by atoms with E-state index in [-0.39, 0.29) is 10.8 Å². The Bertz CT molecular complexity index is 1280. The van der Waals surface area contributed by atoms with Gasteiger partial charge in [-0.1, -0.05) is 17.8 Å². The summed E-state index contributed by atoms with van der Waals surface area (Å²) < 4.78 is 25.9. The van der Waals surface area contributed by atoms with E-state index in [9.17, 15) is 13.2 Å². The highest BCUT2D eigenvalue weighted by Gasteiger charge is 2.33. The number of aliphatic imine (C=N–C) groups is 1. The van der Waals surface area contributed by atoms with Crippen LogP contribution in [0.3, 0.4) is 0 Å². The Labute approximate surface area is 191 Å². The van der Waals surface area contributed by atoms with Gasteiger partial charge in [0.1, 0.15) is 0 Å². The molecule has 0 aliphatic carbocycles. The van der Waals surface area contributed by atoms with E-state index in [1.807, 2.05) is 4.90 Å². The Balaban J connectivity index is 1.38. The molecule has 166 valence electrons. The predicted molar refractivity (Wildman–Crippen MR) is 127 cm³/mol. The number of nitrogens with one attached hydrogen (secondary N) is 1. The molecule has 1 amide bonds. The van der Waals surface area contributed by atoms with Gasteiger partial charge < -0.3 is 4.90 Å². The van der Waals surface area contributed by atoms with Crippen LogP contribution in [-0.2, 0) is 27.7 Å². The Morgan fingerprint density at radius 1 is 1.19 bits per heavy atom. The molecule has 3 aliphatic heterocycles. The first-order chi connectivity index (χ1) is 15.3. The van der Waals surface area contributed by atoms with Crippen molar-refractivity contribution in [3.8, 4) is 0 Å². The first-order valence-corrected chi connectivity index (χ1v) is 12.8. The number of rotatable bonds is 4. The minimum absolute atomic E-state index is 0.184. The average molecular weight is 470 g/mol. The topological polar surface area (TPSA) is 94.4 Å². The minimum atomic E-state index is -3.52. The number of hydrazone groups is 1. The standard InChI is InChI=1S/C22H23N5O3S2/c1-26(2)32(29,30)18-7-3-6-17(12-18)23-22-25-24-19(13-31-22)15-9-14-5-4-8-27-20(28)11-16(10-15)21(14)27/h3,6-7,9-10,12H,4-5,8,11,13H2,1-2H3,(H,23,25).